The zero-order chi connectivity index (χ0) is 15.5. The number of carbonyl (C=O) groups is 1. The van der Waals surface area contributed by atoms with Crippen molar-refractivity contribution in [1.29, 1.82) is 0 Å². The highest BCUT2D eigenvalue weighted by Crippen LogP contribution is 2.27. The van der Waals surface area contributed by atoms with Crippen LogP contribution in [0.15, 0.2) is 54.7 Å². The lowest BCUT2D eigenvalue weighted by atomic mass is 10.1. The molecule has 0 saturated carbocycles. The second kappa shape index (κ2) is 6.03. The summed E-state index contributed by atoms with van der Waals surface area (Å²) >= 11 is 6.07. The Labute approximate surface area is 132 Å². The fourth-order valence-electron chi connectivity index (χ4n) is 2.23. The SMILES string of the molecule is COc1ccc(NC(=O)c2cccc3cccnc23)cc1Cl. The molecular formula is C17H13ClN2O2. The van der Waals surface area contributed by atoms with Gasteiger partial charge in [-0.15, -0.1) is 0 Å². The molecule has 1 aromatic heterocycles. The molecule has 4 nitrogen and oxygen atoms in total. The fourth-order valence-corrected chi connectivity index (χ4v) is 2.49. The third kappa shape index (κ3) is 2.73. The summed E-state index contributed by atoms with van der Waals surface area (Å²) in [5.41, 5.74) is 1.79. The Morgan fingerprint density at radius 3 is 2.77 bits per heavy atom. The molecule has 0 unspecified atom stereocenters. The predicted molar refractivity (Wildman–Crippen MR) is 87.7 cm³/mol. The summed E-state index contributed by atoms with van der Waals surface area (Å²) in [6, 6.07) is 14.4. The molecule has 0 fully saturated rings. The van der Waals surface area contributed by atoms with E-state index in [0.29, 0.717) is 27.5 Å². The first kappa shape index (κ1) is 14.4. The van der Waals surface area contributed by atoms with E-state index >= 15 is 0 Å². The monoisotopic (exact) mass is 312 g/mol. The van der Waals surface area contributed by atoms with Gasteiger partial charge < -0.3 is 10.1 Å². The fraction of sp³-hybridized carbons (Fsp3) is 0.0588. The van der Waals surface area contributed by atoms with Crippen LogP contribution in [-0.2, 0) is 0 Å². The summed E-state index contributed by atoms with van der Waals surface area (Å²) in [4.78, 5) is 16.8. The Morgan fingerprint density at radius 1 is 1.18 bits per heavy atom. The van der Waals surface area contributed by atoms with Gasteiger partial charge in [0.25, 0.3) is 5.91 Å². The standard InChI is InChI=1S/C17H13ClN2O2/c1-22-15-8-7-12(10-14(15)18)20-17(21)13-6-2-4-11-5-3-9-19-16(11)13/h2-10H,1H3,(H,20,21). The van der Waals surface area contributed by atoms with Crippen molar-refractivity contribution in [3.63, 3.8) is 0 Å². The van der Waals surface area contributed by atoms with Gasteiger partial charge in [-0.05, 0) is 30.3 Å². The molecule has 22 heavy (non-hydrogen) atoms. The molecular weight excluding hydrogens is 300 g/mol. The Balaban J connectivity index is 1.92. The molecule has 1 N–H and O–H groups in total. The van der Waals surface area contributed by atoms with Crippen molar-refractivity contribution < 1.29 is 9.53 Å². The smallest absolute Gasteiger partial charge is 0.257 e. The number of nitrogens with zero attached hydrogens (tertiary/aromatic N) is 1. The maximum Gasteiger partial charge on any atom is 0.257 e. The molecule has 0 saturated heterocycles. The van der Waals surface area contributed by atoms with Crippen molar-refractivity contribution >= 4 is 34.1 Å². The Morgan fingerprint density at radius 2 is 2.00 bits per heavy atom. The van der Waals surface area contributed by atoms with Crippen LogP contribution in [0, 0.1) is 0 Å². The van der Waals surface area contributed by atoms with E-state index in [-0.39, 0.29) is 5.91 Å². The second-order valence-electron chi connectivity index (χ2n) is 4.68. The molecule has 3 rings (SSSR count). The number of ether oxygens (including phenoxy) is 1. The molecule has 0 radical (unpaired) electrons. The maximum absolute atomic E-state index is 12.5. The highest BCUT2D eigenvalue weighted by atomic mass is 35.5. The Hall–Kier alpha value is -2.59. The minimum absolute atomic E-state index is 0.231. The quantitative estimate of drug-likeness (QED) is 0.790. The van der Waals surface area contributed by atoms with Gasteiger partial charge in [0.1, 0.15) is 5.75 Å². The maximum atomic E-state index is 12.5. The van der Waals surface area contributed by atoms with Crippen LogP contribution in [-0.4, -0.2) is 18.0 Å². The number of aromatic nitrogens is 1. The Bertz CT molecular complexity index is 844. The van der Waals surface area contributed by atoms with E-state index in [1.165, 1.54) is 0 Å². The van der Waals surface area contributed by atoms with Gasteiger partial charge >= 0.3 is 0 Å². The molecule has 110 valence electrons. The van der Waals surface area contributed by atoms with Crippen molar-refractivity contribution in [2.75, 3.05) is 12.4 Å². The molecule has 1 amide bonds. The van der Waals surface area contributed by atoms with Gasteiger partial charge in [-0.3, -0.25) is 9.78 Å². The molecule has 0 aliphatic heterocycles. The van der Waals surface area contributed by atoms with E-state index < -0.39 is 0 Å². The van der Waals surface area contributed by atoms with E-state index in [1.807, 2.05) is 24.3 Å². The summed E-state index contributed by atoms with van der Waals surface area (Å²) in [5.74, 6) is 0.331. The van der Waals surface area contributed by atoms with Gasteiger partial charge in [0, 0.05) is 17.3 Å². The van der Waals surface area contributed by atoms with Crippen molar-refractivity contribution in [1.82, 2.24) is 4.98 Å². The number of hydrogen-bond donors (Lipinski definition) is 1. The molecule has 0 spiro atoms. The zero-order valence-electron chi connectivity index (χ0n) is 11.8. The molecule has 0 aliphatic carbocycles. The normalized spacial score (nSPS) is 10.5. The van der Waals surface area contributed by atoms with Crippen LogP contribution in [0.5, 0.6) is 5.75 Å². The van der Waals surface area contributed by atoms with E-state index in [0.717, 1.165) is 5.39 Å². The number of rotatable bonds is 3. The largest absolute Gasteiger partial charge is 0.495 e. The van der Waals surface area contributed by atoms with E-state index in [9.17, 15) is 4.79 Å². The van der Waals surface area contributed by atoms with Crippen LogP contribution in [0.25, 0.3) is 10.9 Å². The lowest BCUT2D eigenvalue weighted by molar-refractivity contribution is 0.102. The number of carbonyl (C=O) groups excluding carboxylic acids is 1. The average molecular weight is 313 g/mol. The number of halogens is 1. The molecule has 0 atom stereocenters. The lowest BCUT2D eigenvalue weighted by Crippen LogP contribution is -2.12. The molecule has 0 aliphatic rings. The zero-order valence-corrected chi connectivity index (χ0v) is 12.6. The van der Waals surface area contributed by atoms with Gasteiger partial charge in [0.15, 0.2) is 0 Å². The van der Waals surface area contributed by atoms with Crippen molar-refractivity contribution in [2.24, 2.45) is 0 Å². The number of amides is 1. The summed E-state index contributed by atoms with van der Waals surface area (Å²) in [5, 5.41) is 4.18. The van der Waals surface area contributed by atoms with Crippen LogP contribution < -0.4 is 10.1 Å². The molecule has 5 heteroatoms. The number of anilines is 1. The number of fused-ring (bicyclic) bond motifs is 1. The number of benzene rings is 2. The van der Waals surface area contributed by atoms with Crippen LogP contribution in [0.1, 0.15) is 10.4 Å². The average Bonchev–Trinajstić information content (AvgIpc) is 2.54. The topological polar surface area (TPSA) is 51.2 Å². The third-order valence-electron chi connectivity index (χ3n) is 3.29. The minimum atomic E-state index is -0.231. The number of pyridine rings is 1. The first-order valence-electron chi connectivity index (χ1n) is 6.67. The highest BCUT2D eigenvalue weighted by molar-refractivity contribution is 6.32. The van der Waals surface area contributed by atoms with E-state index in [4.69, 9.17) is 16.3 Å². The molecule has 2 aromatic carbocycles. The van der Waals surface area contributed by atoms with Gasteiger partial charge in [0.05, 0.1) is 23.2 Å². The third-order valence-corrected chi connectivity index (χ3v) is 3.58. The predicted octanol–water partition coefficient (Wildman–Crippen LogP) is 4.15. The van der Waals surface area contributed by atoms with Crippen LogP contribution in [0.4, 0.5) is 5.69 Å². The van der Waals surface area contributed by atoms with Gasteiger partial charge in [0.2, 0.25) is 0 Å². The first-order chi connectivity index (χ1) is 10.7. The molecule has 0 bridgehead atoms. The van der Waals surface area contributed by atoms with E-state index in [1.54, 1.807) is 37.6 Å². The first-order valence-corrected chi connectivity index (χ1v) is 7.05. The van der Waals surface area contributed by atoms with Gasteiger partial charge in [-0.1, -0.05) is 29.8 Å². The number of methoxy groups -OCH3 is 1. The highest BCUT2D eigenvalue weighted by Gasteiger charge is 2.12. The minimum Gasteiger partial charge on any atom is -0.495 e. The van der Waals surface area contributed by atoms with E-state index in [2.05, 4.69) is 10.3 Å². The van der Waals surface area contributed by atoms with Crippen LogP contribution >= 0.6 is 11.6 Å². The van der Waals surface area contributed by atoms with Gasteiger partial charge in [-0.25, -0.2) is 0 Å². The number of hydrogen-bond acceptors (Lipinski definition) is 3. The number of nitrogens with one attached hydrogen (secondary N) is 1. The van der Waals surface area contributed by atoms with Crippen molar-refractivity contribution in [3.8, 4) is 5.75 Å². The van der Waals surface area contributed by atoms with Gasteiger partial charge in [-0.2, -0.15) is 0 Å². The molecule has 1 heterocycles. The summed E-state index contributed by atoms with van der Waals surface area (Å²) in [6.07, 6.45) is 1.67. The molecule has 3 aromatic rings. The number of para-hydroxylation sites is 1. The second-order valence-corrected chi connectivity index (χ2v) is 5.09. The van der Waals surface area contributed by atoms with Crippen LogP contribution in [0.2, 0.25) is 5.02 Å². The van der Waals surface area contributed by atoms with Crippen LogP contribution in [0.3, 0.4) is 0 Å². The summed E-state index contributed by atoms with van der Waals surface area (Å²) < 4.78 is 5.09. The van der Waals surface area contributed by atoms with Crippen molar-refractivity contribution in [3.05, 3.63) is 65.3 Å². The summed E-state index contributed by atoms with van der Waals surface area (Å²) in [6.45, 7) is 0. The lowest BCUT2D eigenvalue weighted by Gasteiger charge is -2.09. The van der Waals surface area contributed by atoms with Crippen molar-refractivity contribution in [2.45, 2.75) is 0 Å². The Kier molecular flexibility index (Phi) is 3.94. The summed E-state index contributed by atoms with van der Waals surface area (Å²) in [7, 11) is 1.54.